The van der Waals surface area contributed by atoms with E-state index < -0.39 is 22.1 Å². The molecule has 1 aliphatic carbocycles. The Morgan fingerprint density at radius 3 is 2.00 bits per heavy atom. The van der Waals surface area contributed by atoms with Gasteiger partial charge in [-0.1, -0.05) is 91.2 Å². The zero-order chi connectivity index (χ0) is 28.0. The Labute approximate surface area is 239 Å². The Morgan fingerprint density at radius 1 is 0.846 bits per heavy atom. The summed E-state index contributed by atoms with van der Waals surface area (Å²) >= 11 is 5.90. The minimum Gasteiger partial charge on any atom is -0.358 e. The van der Waals surface area contributed by atoms with Crippen molar-refractivity contribution in [2.24, 2.45) is 0 Å². The van der Waals surface area contributed by atoms with E-state index in [0.29, 0.717) is 11.2 Å². The summed E-state index contributed by atoms with van der Waals surface area (Å²) in [5.41, 5.74) is 2.84. The van der Waals surface area contributed by atoms with Crippen molar-refractivity contribution in [3.8, 4) is 0 Å². The van der Waals surface area contributed by atoms with E-state index in [0.717, 1.165) is 36.0 Å². The van der Waals surface area contributed by atoms with Crippen molar-refractivity contribution in [1.29, 1.82) is 0 Å². The monoisotopic (exact) mass is 564 g/mol. The first-order chi connectivity index (χ1) is 18.7. The van der Waals surface area contributed by atoms with Gasteiger partial charge in [0.05, 0.1) is 17.0 Å². The van der Waals surface area contributed by atoms with Crippen LogP contribution in [0.4, 0.5) is 0 Å². The predicted molar refractivity (Wildman–Crippen MR) is 163 cm³/mol. The van der Waals surface area contributed by atoms with Crippen LogP contribution < -0.4 is 10.6 Å². The molecule has 8 heteroatoms. The van der Waals surface area contributed by atoms with Gasteiger partial charge in [0.1, 0.15) is 0 Å². The van der Waals surface area contributed by atoms with Crippen LogP contribution in [0.5, 0.6) is 0 Å². The molecule has 3 aromatic carbocycles. The number of nitrogens with one attached hydrogen (secondary N) is 2. The van der Waals surface area contributed by atoms with E-state index in [1.54, 1.807) is 19.2 Å². The van der Waals surface area contributed by atoms with Crippen LogP contribution in [0.3, 0.4) is 0 Å². The fourth-order valence-electron chi connectivity index (χ4n) is 5.54. The molecule has 2 N–H and O–H groups in total. The quantitative estimate of drug-likeness (QED) is 0.338. The summed E-state index contributed by atoms with van der Waals surface area (Å²) in [7, 11) is 2.07. The summed E-state index contributed by atoms with van der Waals surface area (Å²) in [5, 5.41) is 7.66. The lowest BCUT2D eigenvalue weighted by Crippen LogP contribution is -2.54. The van der Waals surface area contributed by atoms with E-state index in [1.807, 2.05) is 79.7 Å². The summed E-state index contributed by atoms with van der Waals surface area (Å²) in [6.45, 7) is 1.95. The van der Waals surface area contributed by atoms with Crippen LogP contribution in [0.15, 0.2) is 89.8 Å². The maximum atomic E-state index is 14.0. The number of aryl methyl sites for hydroxylation is 1. The number of sulfonamides is 1. The van der Waals surface area contributed by atoms with E-state index in [2.05, 4.69) is 29.6 Å². The van der Waals surface area contributed by atoms with Crippen LogP contribution in [0.2, 0.25) is 0 Å². The molecule has 1 fully saturated rings. The molecule has 0 aliphatic heterocycles. The molecule has 0 heterocycles. The van der Waals surface area contributed by atoms with Crippen molar-refractivity contribution in [3.05, 3.63) is 102 Å². The minimum absolute atomic E-state index is 0.231. The third kappa shape index (κ3) is 7.06. The van der Waals surface area contributed by atoms with Gasteiger partial charge in [-0.25, -0.2) is 8.42 Å². The fourth-order valence-corrected chi connectivity index (χ4v) is 7.18. The third-order valence-corrected chi connectivity index (χ3v) is 9.79. The summed E-state index contributed by atoms with van der Waals surface area (Å²) in [6.07, 6.45) is 4.55. The average molecular weight is 565 g/mol. The Hall–Kier alpha value is -2.78. The molecule has 0 radical (unpaired) electrons. The summed E-state index contributed by atoms with van der Waals surface area (Å²) < 4.78 is 29.4. The Kier molecular flexibility index (Phi) is 9.77. The van der Waals surface area contributed by atoms with E-state index >= 15 is 0 Å². The molecule has 4 rings (SSSR count). The number of thiocarbonyl (C=S) groups is 1. The van der Waals surface area contributed by atoms with Gasteiger partial charge in [-0.2, -0.15) is 4.31 Å². The highest BCUT2D eigenvalue weighted by atomic mass is 32.2. The predicted octanol–water partition coefficient (Wildman–Crippen LogP) is 5.44. The lowest BCUT2D eigenvalue weighted by Gasteiger charge is -2.39. The largest absolute Gasteiger partial charge is 0.358 e. The van der Waals surface area contributed by atoms with Gasteiger partial charge in [0.2, 0.25) is 10.0 Å². The molecule has 39 heavy (non-hydrogen) atoms. The number of hydrogen-bond donors (Lipinski definition) is 2. The second kappa shape index (κ2) is 13.0. The maximum Gasteiger partial charge on any atom is 0.243 e. The normalized spacial score (nSPS) is 19.4. The van der Waals surface area contributed by atoms with Crippen LogP contribution in [-0.4, -0.2) is 56.0 Å². The smallest absolute Gasteiger partial charge is 0.243 e. The molecule has 3 aromatic rings. The number of rotatable bonds is 9. The van der Waals surface area contributed by atoms with Gasteiger partial charge in [-0.05, 0) is 69.3 Å². The van der Waals surface area contributed by atoms with Gasteiger partial charge in [-0.3, -0.25) is 0 Å². The highest BCUT2D eigenvalue weighted by Crippen LogP contribution is 2.37. The van der Waals surface area contributed by atoms with Gasteiger partial charge in [-0.15, -0.1) is 0 Å². The van der Waals surface area contributed by atoms with E-state index in [9.17, 15) is 8.42 Å². The second-order valence-corrected chi connectivity index (χ2v) is 13.0. The lowest BCUT2D eigenvalue weighted by molar-refractivity contribution is 0.189. The first-order valence-corrected chi connectivity index (χ1v) is 15.4. The summed E-state index contributed by atoms with van der Waals surface area (Å²) in [5.74, 6) is 0. The third-order valence-electron chi connectivity index (χ3n) is 7.70. The number of likely N-dealkylation sites (N-methyl/N-ethyl adjacent to an activating group) is 2. The van der Waals surface area contributed by atoms with Crippen LogP contribution in [0.25, 0.3) is 0 Å². The molecule has 1 aliphatic rings. The highest BCUT2D eigenvalue weighted by molar-refractivity contribution is 7.89. The van der Waals surface area contributed by atoms with E-state index in [4.69, 9.17) is 12.2 Å². The van der Waals surface area contributed by atoms with Crippen LogP contribution >= 0.6 is 12.2 Å². The van der Waals surface area contributed by atoms with Crippen molar-refractivity contribution in [2.45, 2.75) is 61.7 Å². The standard InChI is InChI=1S/C31H40N4O2S2/c1-23-19-21-26(22-20-23)39(36,37)35(4)30(25-15-9-6-10-16-25)29(24-13-7-5-8-14-24)33-31(38)32-27-17-11-12-18-28(27)34(2)3/h5-10,13-16,19-22,27-30H,11-12,17-18H2,1-4H3,(H2,32,33,38)/t27-,28-,29-,30-/m1/s1. The van der Waals surface area contributed by atoms with Gasteiger partial charge in [0, 0.05) is 19.1 Å². The molecule has 0 aromatic heterocycles. The molecule has 1 saturated carbocycles. The molecule has 208 valence electrons. The zero-order valence-electron chi connectivity index (χ0n) is 23.2. The maximum absolute atomic E-state index is 14.0. The molecule has 0 amide bonds. The molecule has 6 nitrogen and oxygen atoms in total. The zero-order valence-corrected chi connectivity index (χ0v) is 24.9. The van der Waals surface area contributed by atoms with Crippen molar-refractivity contribution >= 4 is 27.4 Å². The minimum atomic E-state index is -3.82. The lowest BCUT2D eigenvalue weighted by atomic mass is 9.89. The topological polar surface area (TPSA) is 64.7 Å². The van der Waals surface area contributed by atoms with Gasteiger partial charge < -0.3 is 15.5 Å². The molecule has 0 bridgehead atoms. The first-order valence-electron chi connectivity index (χ1n) is 13.6. The first kappa shape index (κ1) is 29.2. The Balaban J connectivity index is 1.72. The van der Waals surface area contributed by atoms with Crippen molar-refractivity contribution in [1.82, 2.24) is 19.8 Å². The molecule has 0 unspecified atom stereocenters. The number of benzene rings is 3. The molecular weight excluding hydrogens is 525 g/mol. The average Bonchev–Trinajstić information content (AvgIpc) is 2.94. The van der Waals surface area contributed by atoms with Gasteiger partial charge in [0.25, 0.3) is 0 Å². The Morgan fingerprint density at radius 2 is 1.41 bits per heavy atom. The fraction of sp³-hybridized carbons (Fsp3) is 0.387. The molecule has 0 spiro atoms. The second-order valence-electron chi connectivity index (χ2n) is 10.6. The number of nitrogens with zero attached hydrogens (tertiary/aromatic N) is 2. The van der Waals surface area contributed by atoms with Crippen LogP contribution in [-0.2, 0) is 10.0 Å². The highest BCUT2D eigenvalue weighted by Gasteiger charge is 2.37. The van der Waals surface area contributed by atoms with E-state index in [-0.39, 0.29) is 10.9 Å². The van der Waals surface area contributed by atoms with Crippen LogP contribution in [0.1, 0.15) is 54.5 Å². The molecular formula is C31H40N4O2S2. The molecule has 4 atom stereocenters. The van der Waals surface area contributed by atoms with Gasteiger partial charge in [0.15, 0.2) is 5.11 Å². The Bertz CT molecular complexity index is 1320. The number of hydrogen-bond acceptors (Lipinski definition) is 4. The summed E-state index contributed by atoms with van der Waals surface area (Å²) in [4.78, 5) is 2.53. The van der Waals surface area contributed by atoms with Gasteiger partial charge >= 0.3 is 0 Å². The summed E-state index contributed by atoms with van der Waals surface area (Å²) in [6, 6.07) is 26.4. The van der Waals surface area contributed by atoms with E-state index in [1.165, 1.54) is 10.7 Å². The van der Waals surface area contributed by atoms with Crippen molar-refractivity contribution in [3.63, 3.8) is 0 Å². The van der Waals surface area contributed by atoms with Crippen molar-refractivity contribution < 1.29 is 8.42 Å². The van der Waals surface area contributed by atoms with Crippen molar-refractivity contribution in [2.75, 3.05) is 21.1 Å². The molecule has 0 saturated heterocycles. The SMILES string of the molecule is Cc1ccc(S(=O)(=O)N(C)[C@H](c2ccccc2)[C@H](NC(=S)N[C@@H]2CCCC[C@H]2N(C)C)c2ccccc2)cc1. The van der Waals surface area contributed by atoms with Crippen LogP contribution in [0, 0.1) is 6.92 Å².